The fraction of sp³-hybridized carbons (Fsp3) is 1.00. The maximum absolute atomic E-state index is 5.40. The Kier molecular flexibility index (Phi) is 7.45. The van der Waals surface area contributed by atoms with Gasteiger partial charge in [0.1, 0.15) is 0 Å². The monoisotopic (exact) mass is 174 g/mol. The molecule has 0 saturated carbocycles. The van der Waals surface area contributed by atoms with E-state index in [0.717, 1.165) is 26.1 Å². The van der Waals surface area contributed by atoms with Gasteiger partial charge in [0.05, 0.1) is 0 Å². The summed E-state index contributed by atoms with van der Waals surface area (Å²) < 4.78 is 5.24. The standard InChI is InChI=1S/C9H22N2O/c1-4-12-7-5-6-9(11-10)8(2)3/h8-9,11H,4-7,10H2,1-3H3. The molecule has 1 atom stereocenters. The lowest BCUT2D eigenvalue weighted by atomic mass is 10.0. The van der Waals surface area contributed by atoms with Crippen LogP contribution in [-0.2, 0) is 4.74 Å². The summed E-state index contributed by atoms with van der Waals surface area (Å²) in [5, 5.41) is 0. The molecule has 0 amide bonds. The van der Waals surface area contributed by atoms with Crippen molar-refractivity contribution in [1.29, 1.82) is 0 Å². The smallest absolute Gasteiger partial charge is 0.0466 e. The van der Waals surface area contributed by atoms with Crippen molar-refractivity contribution in [2.45, 2.75) is 39.7 Å². The van der Waals surface area contributed by atoms with Crippen LogP contribution in [0.1, 0.15) is 33.6 Å². The minimum atomic E-state index is 0.422. The molecule has 0 aliphatic carbocycles. The highest BCUT2D eigenvalue weighted by Crippen LogP contribution is 2.07. The fourth-order valence-electron chi connectivity index (χ4n) is 1.16. The van der Waals surface area contributed by atoms with E-state index in [1.165, 1.54) is 0 Å². The van der Waals surface area contributed by atoms with Gasteiger partial charge in [-0.3, -0.25) is 11.3 Å². The number of nitrogens with two attached hydrogens (primary N) is 1. The molecule has 0 fully saturated rings. The Morgan fingerprint density at radius 2 is 2.08 bits per heavy atom. The second kappa shape index (κ2) is 7.53. The van der Waals surface area contributed by atoms with Crippen LogP contribution in [0.25, 0.3) is 0 Å². The van der Waals surface area contributed by atoms with Crippen LogP contribution in [0.3, 0.4) is 0 Å². The maximum atomic E-state index is 5.40. The lowest BCUT2D eigenvalue weighted by molar-refractivity contribution is 0.139. The summed E-state index contributed by atoms with van der Waals surface area (Å²) in [6.45, 7) is 8.02. The van der Waals surface area contributed by atoms with Crippen molar-refractivity contribution in [2.75, 3.05) is 13.2 Å². The molecule has 0 aliphatic rings. The first-order valence-corrected chi connectivity index (χ1v) is 4.76. The van der Waals surface area contributed by atoms with E-state index in [-0.39, 0.29) is 0 Å². The van der Waals surface area contributed by atoms with Gasteiger partial charge >= 0.3 is 0 Å². The Hall–Kier alpha value is -0.120. The van der Waals surface area contributed by atoms with Gasteiger partial charge in [-0.05, 0) is 25.7 Å². The van der Waals surface area contributed by atoms with Crippen LogP contribution in [0, 0.1) is 5.92 Å². The zero-order valence-corrected chi connectivity index (χ0v) is 8.47. The molecule has 74 valence electrons. The minimum Gasteiger partial charge on any atom is -0.382 e. The molecule has 0 heterocycles. The predicted octanol–water partition coefficient (Wildman–Crippen LogP) is 1.29. The van der Waals surface area contributed by atoms with Crippen molar-refractivity contribution in [2.24, 2.45) is 11.8 Å². The van der Waals surface area contributed by atoms with Crippen molar-refractivity contribution in [1.82, 2.24) is 5.43 Å². The van der Waals surface area contributed by atoms with Gasteiger partial charge in [-0.15, -0.1) is 0 Å². The third-order valence-corrected chi connectivity index (χ3v) is 2.03. The van der Waals surface area contributed by atoms with Crippen LogP contribution in [0.5, 0.6) is 0 Å². The van der Waals surface area contributed by atoms with Crippen LogP contribution >= 0.6 is 0 Å². The first kappa shape index (κ1) is 11.9. The first-order chi connectivity index (χ1) is 5.72. The zero-order valence-electron chi connectivity index (χ0n) is 8.47. The first-order valence-electron chi connectivity index (χ1n) is 4.76. The summed E-state index contributed by atoms with van der Waals surface area (Å²) in [4.78, 5) is 0. The van der Waals surface area contributed by atoms with Crippen LogP contribution in [-0.4, -0.2) is 19.3 Å². The van der Waals surface area contributed by atoms with E-state index in [1.54, 1.807) is 0 Å². The van der Waals surface area contributed by atoms with Gasteiger partial charge in [0.2, 0.25) is 0 Å². The van der Waals surface area contributed by atoms with Crippen molar-refractivity contribution in [3.63, 3.8) is 0 Å². The Balaban J connectivity index is 3.32. The number of hydrazine groups is 1. The number of hydrogen-bond donors (Lipinski definition) is 2. The van der Waals surface area contributed by atoms with Gasteiger partial charge in [0, 0.05) is 19.3 Å². The number of hydrogen-bond acceptors (Lipinski definition) is 3. The SMILES string of the molecule is CCOCCCC(NN)C(C)C. The summed E-state index contributed by atoms with van der Waals surface area (Å²) in [6, 6.07) is 0.422. The van der Waals surface area contributed by atoms with Crippen molar-refractivity contribution in [3.05, 3.63) is 0 Å². The molecule has 0 spiro atoms. The van der Waals surface area contributed by atoms with Crippen molar-refractivity contribution < 1.29 is 4.74 Å². The molecule has 1 unspecified atom stereocenters. The van der Waals surface area contributed by atoms with Crippen LogP contribution in [0.2, 0.25) is 0 Å². The summed E-state index contributed by atoms with van der Waals surface area (Å²) in [6.07, 6.45) is 2.18. The lowest BCUT2D eigenvalue weighted by Crippen LogP contribution is -2.39. The van der Waals surface area contributed by atoms with Crippen LogP contribution < -0.4 is 11.3 Å². The van der Waals surface area contributed by atoms with E-state index < -0.39 is 0 Å². The predicted molar refractivity (Wildman–Crippen MR) is 51.7 cm³/mol. The molecule has 0 bridgehead atoms. The Morgan fingerprint density at radius 1 is 1.42 bits per heavy atom. The quantitative estimate of drug-likeness (QED) is 0.347. The van der Waals surface area contributed by atoms with Gasteiger partial charge in [-0.2, -0.15) is 0 Å². The van der Waals surface area contributed by atoms with Crippen LogP contribution in [0.4, 0.5) is 0 Å². The Labute approximate surface area is 75.6 Å². The van der Waals surface area contributed by atoms with E-state index in [0.29, 0.717) is 12.0 Å². The topological polar surface area (TPSA) is 47.3 Å². The van der Waals surface area contributed by atoms with Crippen molar-refractivity contribution in [3.8, 4) is 0 Å². The highest BCUT2D eigenvalue weighted by molar-refractivity contribution is 4.66. The van der Waals surface area contributed by atoms with Gasteiger partial charge in [0.15, 0.2) is 0 Å². The largest absolute Gasteiger partial charge is 0.382 e. The molecule has 0 aromatic carbocycles. The summed E-state index contributed by atoms with van der Waals surface area (Å²) in [7, 11) is 0. The molecule has 0 aliphatic heterocycles. The average Bonchev–Trinajstić information content (AvgIpc) is 2.04. The third kappa shape index (κ3) is 5.52. The maximum Gasteiger partial charge on any atom is 0.0466 e. The van der Waals surface area contributed by atoms with E-state index >= 15 is 0 Å². The highest BCUT2D eigenvalue weighted by atomic mass is 16.5. The van der Waals surface area contributed by atoms with Gasteiger partial charge < -0.3 is 4.74 Å². The molecule has 0 aromatic rings. The second-order valence-corrected chi connectivity index (χ2v) is 3.36. The molecular weight excluding hydrogens is 152 g/mol. The van der Waals surface area contributed by atoms with E-state index in [2.05, 4.69) is 19.3 Å². The highest BCUT2D eigenvalue weighted by Gasteiger charge is 2.09. The number of nitrogens with one attached hydrogen (secondary N) is 1. The van der Waals surface area contributed by atoms with Crippen LogP contribution in [0.15, 0.2) is 0 Å². The third-order valence-electron chi connectivity index (χ3n) is 2.03. The van der Waals surface area contributed by atoms with Gasteiger partial charge in [-0.1, -0.05) is 13.8 Å². The Morgan fingerprint density at radius 3 is 2.50 bits per heavy atom. The minimum absolute atomic E-state index is 0.422. The van der Waals surface area contributed by atoms with E-state index in [1.807, 2.05) is 6.92 Å². The second-order valence-electron chi connectivity index (χ2n) is 3.36. The molecular formula is C9H22N2O. The molecule has 12 heavy (non-hydrogen) atoms. The average molecular weight is 174 g/mol. The zero-order chi connectivity index (χ0) is 9.40. The molecule has 0 rings (SSSR count). The van der Waals surface area contributed by atoms with Crippen molar-refractivity contribution >= 4 is 0 Å². The number of rotatable bonds is 7. The lowest BCUT2D eigenvalue weighted by Gasteiger charge is -2.19. The fourth-order valence-corrected chi connectivity index (χ4v) is 1.16. The summed E-state index contributed by atoms with van der Waals surface area (Å²) in [5.74, 6) is 5.99. The van der Waals surface area contributed by atoms with E-state index in [4.69, 9.17) is 10.6 Å². The summed E-state index contributed by atoms with van der Waals surface area (Å²) >= 11 is 0. The molecule has 0 saturated heterocycles. The van der Waals surface area contributed by atoms with Gasteiger partial charge in [0.25, 0.3) is 0 Å². The van der Waals surface area contributed by atoms with Gasteiger partial charge in [-0.25, -0.2) is 0 Å². The normalized spacial score (nSPS) is 13.8. The summed E-state index contributed by atoms with van der Waals surface area (Å²) in [5.41, 5.74) is 2.82. The molecule has 3 nitrogen and oxygen atoms in total. The molecule has 0 aromatic heterocycles. The van der Waals surface area contributed by atoms with E-state index in [9.17, 15) is 0 Å². The Bertz CT molecular complexity index is 96.5. The molecule has 0 radical (unpaired) electrons. The molecule has 3 N–H and O–H groups in total. The molecule has 3 heteroatoms. The number of ether oxygens (including phenoxy) is 1.